The molecule has 0 aliphatic rings. The third-order valence-corrected chi connectivity index (χ3v) is 2.86. The van der Waals surface area contributed by atoms with Crippen molar-refractivity contribution in [2.24, 2.45) is 0 Å². The first-order valence-corrected chi connectivity index (χ1v) is 6.05. The van der Waals surface area contributed by atoms with Crippen LogP contribution in [-0.4, -0.2) is 20.7 Å². The highest BCUT2D eigenvalue weighted by atomic mass is 16.6. The van der Waals surface area contributed by atoms with Crippen molar-refractivity contribution in [1.29, 1.82) is 0 Å². The molecule has 9 heteroatoms. The molecule has 0 aliphatic heterocycles. The molecule has 2 rings (SSSR count). The minimum absolute atomic E-state index is 0.124. The molecule has 0 spiro atoms. The monoisotopic (exact) mass is 302 g/mol. The first-order valence-electron chi connectivity index (χ1n) is 6.05. The summed E-state index contributed by atoms with van der Waals surface area (Å²) in [6.07, 6.45) is 1.06. The number of non-ortho nitro benzene ring substituents is 1. The van der Waals surface area contributed by atoms with E-state index in [1.807, 2.05) is 0 Å². The molecule has 22 heavy (non-hydrogen) atoms. The number of aromatic nitrogens is 1. The van der Waals surface area contributed by atoms with Crippen LogP contribution in [0.25, 0.3) is 0 Å². The zero-order valence-electron chi connectivity index (χ0n) is 11.3. The van der Waals surface area contributed by atoms with Gasteiger partial charge in [-0.1, -0.05) is 0 Å². The van der Waals surface area contributed by atoms with Crippen LogP contribution in [0, 0.1) is 27.2 Å². The first-order chi connectivity index (χ1) is 10.4. The van der Waals surface area contributed by atoms with Crippen LogP contribution in [0.3, 0.4) is 0 Å². The number of rotatable bonds is 4. The van der Waals surface area contributed by atoms with Crippen LogP contribution in [0.5, 0.6) is 0 Å². The molecule has 0 unspecified atom stereocenters. The Hall–Kier alpha value is -3.36. The van der Waals surface area contributed by atoms with E-state index in [9.17, 15) is 25.0 Å². The Balaban J connectivity index is 2.16. The van der Waals surface area contributed by atoms with E-state index < -0.39 is 15.8 Å². The topological polar surface area (TPSA) is 128 Å². The average molecular weight is 302 g/mol. The van der Waals surface area contributed by atoms with E-state index in [1.54, 1.807) is 0 Å². The van der Waals surface area contributed by atoms with Gasteiger partial charge in [-0.2, -0.15) is 0 Å². The molecule has 0 aliphatic carbocycles. The van der Waals surface area contributed by atoms with Crippen LogP contribution in [0.1, 0.15) is 15.9 Å². The third kappa shape index (κ3) is 3.20. The molecule has 9 nitrogen and oxygen atoms in total. The van der Waals surface area contributed by atoms with Gasteiger partial charge in [0.2, 0.25) is 0 Å². The second-order valence-corrected chi connectivity index (χ2v) is 4.37. The van der Waals surface area contributed by atoms with Gasteiger partial charge in [-0.3, -0.25) is 25.0 Å². The van der Waals surface area contributed by atoms with Crippen molar-refractivity contribution in [2.75, 3.05) is 5.32 Å². The number of hydrogen-bond donors (Lipinski definition) is 1. The van der Waals surface area contributed by atoms with Crippen molar-refractivity contribution in [1.82, 2.24) is 4.98 Å². The second-order valence-electron chi connectivity index (χ2n) is 4.37. The van der Waals surface area contributed by atoms with Gasteiger partial charge in [-0.05, 0) is 25.1 Å². The number of carbonyl (C=O) groups is 1. The maximum absolute atomic E-state index is 12.0. The molecule has 0 radical (unpaired) electrons. The van der Waals surface area contributed by atoms with Crippen molar-refractivity contribution >= 4 is 23.1 Å². The predicted octanol–water partition coefficient (Wildman–Crippen LogP) is 2.46. The lowest BCUT2D eigenvalue weighted by molar-refractivity contribution is -0.385. The molecule has 2 aromatic rings. The Labute approximate surface area is 123 Å². The maximum atomic E-state index is 12.0. The molecule has 1 aromatic carbocycles. The Morgan fingerprint density at radius 3 is 2.27 bits per heavy atom. The molecule has 0 saturated carbocycles. The quantitative estimate of drug-likeness (QED) is 0.682. The van der Waals surface area contributed by atoms with E-state index in [4.69, 9.17) is 0 Å². The van der Waals surface area contributed by atoms with Gasteiger partial charge in [-0.25, -0.2) is 4.98 Å². The molecule has 112 valence electrons. The molecule has 1 amide bonds. The van der Waals surface area contributed by atoms with Crippen molar-refractivity contribution in [3.63, 3.8) is 0 Å². The number of amides is 1. The van der Waals surface area contributed by atoms with E-state index in [0.29, 0.717) is 5.56 Å². The van der Waals surface area contributed by atoms with Gasteiger partial charge in [0.25, 0.3) is 17.3 Å². The summed E-state index contributed by atoms with van der Waals surface area (Å²) in [5.74, 6) is -0.359. The van der Waals surface area contributed by atoms with Gasteiger partial charge in [0.15, 0.2) is 0 Å². The molecule has 1 N–H and O–H groups in total. The van der Waals surface area contributed by atoms with Crippen LogP contribution in [0.15, 0.2) is 36.5 Å². The van der Waals surface area contributed by atoms with Crippen molar-refractivity contribution in [3.8, 4) is 0 Å². The Kier molecular flexibility index (Phi) is 4.07. The highest BCUT2D eigenvalue weighted by Gasteiger charge is 2.14. The fourth-order valence-electron chi connectivity index (χ4n) is 1.73. The average Bonchev–Trinajstić information content (AvgIpc) is 2.47. The van der Waals surface area contributed by atoms with Gasteiger partial charge in [0, 0.05) is 23.3 Å². The smallest absolute Gasteiger partial charge is 0.290 e. The second kappa shape index (κ2) is 5.95. The fourth-order valence-corrected chi connectivity index (χ4v) is 1.73. The number of nitro groups is 2. The minimum Gasteiger partial charge on any atom is -0.307 e. The van der Waals surface area contributed by atoms with E-state index in [-0.39, 0.29) is 22.8 Å². The molecule has 0 saturated heterocycles. The molecular formula is C13H10N4O5. The third-order valence-electron chi connectivity index (χ3n) is 2.86. The van der Waals surface area contributed by atoms with E-state index in [2.05, 4.69) is 10.3 Å². The molecular weight excluding hydrogens is 292 g/mol. The number of pyridine rings is 1. The van der Waals surface area contributed by atoms with Crippen LogP contribution in [0.2, 0.25) is 0 Å². The lowest BCUT2D eigenvalue weighted by Crippen LogP contribution is -2.13. The normalized spacial score (nSPS) is 10.0. The van der Waals surface area contributed by atoms with Crippen LogP contribution in [-0.2, 0) is 0 Å². The standard InChI is InChI=1S/C13H10N4O5/c1-8-6-12(14-7-11(8)17(21)22)15-13(18)9-2-4-10(5-3-9)16(19)20/h2-7H,1H3,(H,14,15,18). The number of nitro benzene ring substituents is 1. The van der Waals surface area contributed by atoms with E-state index in [1.165, 1.54) is 37.3 Å². The number of nitrogens with zero attached hydrogens (tertiary/aromatic N) is 3. The number of anilines is 1. The summed E-state index contributed by atoms with van der Waals surface area (Å²) >= 11 is 0. The summed E-state index contributed by atoms with van der Waals surface area (Å²) in [6.45, 7) is 1.53. The molecule has 0 bridgehead atoms. The lowest BCUT2D eigenvalue weighted by atomic mass is 10.2. The zero-order valence-corrected chi connectivity index (χ0v) is 11.3. The SMILES string of the molecule is Cc1cc(NC(=O)c2ccc([N+](=O)[O-])cc2)ncc1[N+](=O)[O-]. The minimum atomic E-state index is -0.567. The summed E-state index contributed by atoms with van der Waals surface area (Å²) in [5, 5.41) is 23.7. The first kappa shape index (κ1) is 15.0. The summed E-state index contributed by atoms with van der Waals surface area (Å²) in [4.78, 5) is 35.9. The fraction of sp³-hybridized carbons (Fsp3) is 0.0769. The number of nitrogens with one attached hydrogen (secondary N) is 1. The van der Waals surface area contributed by atoms with Crippen LogP contribution >= 0.6 is 0 Å². The zero-order chi connectivity index (χ0) is 16.3. The van der Waals surface area contributed by atoms with Crippen molar-refractivity contribution in [2.45, 2.75) is 6.92 Å². The molecule has 0 fully saturated rings. The predicted molar refractivity (Wildman–Crippen MR) is 76.7 cm³/mol. The number of benzene rings is 1. The summed E-state index contributed by atoms with van der Waals surface area (Å²) in [7, 11) is 0. The van der Waals surface area contributed by atoms with Gasteiger partial charge < -0.3 is 5.32 Å². The van der Waals surface area contributed by atoms with Gasteiger partial charge >= 0.3 is 0 Å². The van der Waals surface area contributed by atoms with Crippen LogP contribution < -0.4 is 5.32 Å². The summed E-state index contributed by atoms with van der Waals surface area (Å²) < 4.78 is 0. The van der Waals surface area contributed by atoms with Crippen molar-refractivity contribution in [3.05, 3.63) is 67.9 Å². The number of carbonyl (C=O) groups excluding carboxylic acids is 1. The van der Waals surface area contributed by atoms with Crippen LogP contribution in [0.4, 0.5) is 17.2 Å². The van der Waals surface area contributed by atoms with E-state index in [0.717, 1.165) is 6.20 Å². The van der Waals surface area contributed by atoms with Crippen molar-refractivity contribution < 1.29 is 14.6 Å². The highest BCUT2D eigenvalue weighted by molar-refractivity contribution is 6.03. The van der Waals surface area contributed by atoms with Gasteiger partial charge in [-0.15, -0.1) is 0 Å². The highest BCUT2D eigenvalue weighted by Crippen LogP contribution is 2.19. The lowest BCUT2D eigenvalue weighted by Gasteiger charge is -2.05. The van der Waals surface area contributed by atoms with E-state index >= 15 is 0 Å². The number of hydrogen-bond acceptors (Lipinski definition) is 6. The molecule has 1 aromatic heterocycles. The Bertz CT molecular complexity index is 758. The van der Waals surface area contributed by atoms with Gasteiger partial charge in [0.05, 0.1) is 9.85 Å². The molecule has 1 heterocycles. The number of aryl methyl sites for hydroxylation is 1. The summed E-state index contributed by atoms with van der Waals surface area (Å²) in [6, 6.07) is 6.42. The van der Waals surface area contributed by atoms with Gasteiger partial charge in [0.1, 0.15) is 12.0 Å². The summed E-state index contributed by atoms with van der Waals surface area (Å²) in [5.41, 5.74) is 0.302. The Morgan fingerprint density at radius 1 is 1.14 bits per heavy atom. The molecule has 0 atom stereocenters. The maximum Gasteiger partial charge on any atom is 0.290 e. The largest absolute Gasteiger partial charge is 0.307 e. The Morgan fingerprint density at radius 2 is 1.77 bits per heavy atom.